The quantitative estimate of drug-likeness (QED) is 0.803. The Bertz CT molecular complexity index is 649. The molecule has 1 saturated heterocycles. The molecule has 0 aromatic carbocycles. The first-order chi connectivity index (χ1) is 11.7. The normalized spacial score (nSPS) is 16.0. The van der Waals surface area contributed by atoms with Crippen LogP contribution in [0.1, 0.15) is 18.4 Å². The Morgan fingerprint density at radius 1 is 1.29 bits per heavy atom. The Morgan fingerprint density at radius 3 is 2.79 bits per heavy atom. The maximum atomic E-state index is 11.8. The van der Waals surface area contributed by atoms with Gasteiger partial charge in [-0.2, -0.15) is 11.3 Å². The second-order valence-electron chi connectivity index (χ2n) is 5.90. The van der Waals surface area contributed by atoms with Crippen LogP contribution in [0.4, 0.5) is 5.82 Å². The molecule has 2 N–H and O–H groups in total. The third-order valence-electron chi connectivity index (χ3n) is 4.13. The van der Waals surface area contributed by atoms with Crippen molar-refractivity contribution in [3.8, 4) is 0 Å². The van der Waals surface area contributed by atoms with E-state index in [9.17, 15) is 9.59 Å². The Morgan fingerprint density at radius 2 is 2.12 bits per heavy atom. The van der Waals surface area contributed by atoms with Gasteiger partial charge in [0.2, 0.25) is 0 Å². The summed E-state index contributed by atoms with van der Waals surface area (Å²) in [6.45, 7) is 3.54. The van der Waals surface area contributed by atoms with Gasteiger partial charge in [-0.15, -0.1) is 0 Å². The largest absolute Gasteiger partial charge is 0.363 e. The highest BCUT2D eigenvalue weighted by Gasteiger charge is 2.21. The number of likely N-dealkylation sites (tertiary alicyclic amines) is 1. The molecule has 2 aromatic heterocycles. The number of nitrogens with zero attached hydrogens (tertiary/aromatic N) is 2. The van der Waals surface area contributed by atoms with Crippen molar-refractivity contribution in [3.05, 3.63) is 34.7 Å². The van der Waals surface area contributed by atoms with Gasteiger partial charge in [0.05, 0.1) is 0 Å². The van der Waals surface area contributed by atoms with E-state index in [1.54, 1.807) is 11.3 Å². The fourth-order valence-corrected chi connectivity index (χ4v) is 3.42. The van der Waals surface area contributed by atoms with E-state index in [0.717, 1.165) is 32.5 Å². The van der Waals surface area contributed by atoms with Crippen molar-refractivity contribution < 1.29 is 14.1 Å². The molecule has 1 aliphatic rings. The number of carbonyl (C=O) groups excluding carboxylic acids is 2. The van der Waals surface area contributed by atoms with Gasteiger partial charge in [0.25, 0.3) is 0 Å². The third-order valence-corrected chi connectivity index (χ3v) is 4.86. The number of aromatic nitrogens is 1. The molecule has 0 aliphatic carbocycles. The summed E-state index contributed by atoms with van der Waals surface area (Å²) in [4.78, 5) is 25.9. The predicted molar refractivity (Wildman–Crippen MR) is 90.5 cm³/mol. The van der Waals surface area contributed by atoms with Crippen LogP contribution in [-0.2, 0) is 16.1 Å². The van der Waals surface area contributed by atoms with E-state index in [1.165, 1.54) is 17.9 Å². The lowest BCUT2D eigenvalue weighted by atomic mass is 9.96. The molecule has 3 rings (SSSR count). The molecule has 0 atom stereocenters. The zero-order valence-electron chi connectivity index (χ0n) is 13.2. The summed E-state index contributed by atoms with van der Waals surface area (Å²) < 4.78 is 4.60. The number of amides is 2. The minimum Gasteiger partial charge on any atom is -0.363 e. The molecule has 7 nitrogen and oxygen atoms in total. The van der Waals surface area contributed by atoms with E-state index in [2.05, 4.69) is 42.0 Å². The van der Waals surface area contributed by atoms with E-state index in [-0.39, 0.29) is 5.82 Å². The summed E-state index contributed by atoms with van der Waals surface area (Å²) in [5.41, 5.74) is 1.36. The summed E-state index contributed by atoms with van der Waals surface area (Å²) >= 11 is 1.72. The highest BCUT2D eigenvalue weighted by Crippen LogP contribution is 2.19. The summed E-state index contributed by atoms with van der Waals surface area (Å²) in [5, 5.41) is 12.9. The topological polar surface area (TPSA) is 87.5 Å². The van der Waals surface area contributed by atoms with Crippen molar-refractivity contribution in [2.24, 2.45) is 5.92 Å². The Balaban J connectivity index is 1.35. The van der Waals surface area contributed by atoms with Gasteiger partial charge in [-0.1, -0.05) is 5.16 Å². The van der Waals surface area contributed by atoms with Crippen molar-refractivity contribution in [1.29, 1.82) is 0 Å². The van der Waals surface area contributed by atoms with Crippen LogP contribution >= 0.6 is 11.3 Å². The number of anilines is 1. The summed E-state index contributed by atoms with van der Waals surface area (Å²) in [6.07, 6.45) is 3.38. The fraction of sp³-hybridized carbons (Fsp3) is 0.438. The highest BCUT2D eigenvalue weighted by molar-refractivity contribution is 7.07. The Labute approximate surface area is 144 Å². The third kappa shape index (κ3) is 4.65. The first-order valence-corrected chi connectivity index (χ1v) is 8.88. The SMILES string of the molecule is O=C(NCC1CCN(Cc2ccsc2)CC1)C(=O)Nc1ccon1. The Kier molecular flexibility index (Phi) is 5.60. The molecule has 2 aromatic rings. The van der Waals surface area contributed by atoms with E-state index in [4.69, 9.17) is 0 Å². The number of hydrogen-bond donors (Lipinski definition) is 2. The number of thiophene rings is 1. The molecule has 1 fully saturated rings. The molecule has 0 unspecified atom stereocenters. The molecular formula is C16H20N4O3S. The van der Waals surface area contributed by atoms with E-state index in [0.29, 0.717) is 12.5 Å². The fourth-order valence-electron chi connectivity index (χ4n) is 2.76. The molecule has 1 aliphatic heterocycles. The van der Waals surface area contributed by atoms with Crippen LogP contribution in [0.2, 0.25) is 0 Å². The second kappa shape index (κ2) is 8.07. The van der Waals surface area contributed by atoms with Gasteiger partial charge in [-0.25, -0.2) is 0 Å². The molecule has 8 heteroatoms. The van der Waals surface area contributed by atoms with Crippen LogP contribution in [0.25, 0.3) is 0 Å². The van der Waals surface area contributed by atoms with Crippen LogP contribution in [-0.4, -0.2) is 41.5 Å². The van der Waals surface area contributed by atoms with E-state index < -0.39 is 11.8 Å². The Hall–Kier alpha value is -2.19. The van der Waals surface area contributed by atoms with Crippen molar-refractivity contribution in [2.45, 2.75) is 19.4 Å². The van der Waals surface area contributed by atoms with Gasteiger partial charge < -0.3 is 9.84 Å². The van der Waals surface area contributed by atoms with Gasteiger partial charge in [-0.3, -0.25) is 19.8 Å². The van der Waals surface area contributed by atoms with Gasteiger partial charge >= 0.3 is 11.8 Å². The zero-order chi connectivity index (χ0) is 16.8. The molecule has 0 radical (unpaired) electrons. The first kappa shape index (κ1) is 16.7. The minimum atomic E-state index is -0.723. The lowest BCUT2D eigenvalue weighted by molar-refractivity contribution is -0.136. The molecule has 24 heavy (non-hydrogen) atoms. The molecule has 3 heterocycles. The van der Waals surface area contributed by atoms with Crippen molar-refractivity contribution in [2.75, 3.05) is 25.0 Å². The molecular weight excluding hydrogens is 328 g/mol. The van der Waals surface area contributed by atoms with Crippen LogP contribution < -0.4 is 10.6 Å². The lowest BCUT2D eigenvalue weighted by Crippen LogP contribution is -2.41. The minimum absolute atomic E-state index is 0.233. The van der Waals surface area contributed by atoms with Crippen molar-refractivity contribution in [3.63, 3.8) is 0 Å². The number of carbonyl (C=O) groups is 2. The monoisotopic (exact) mass is 348 g/mol. The summed E-state index contributed by atoms with van der Waals surface area (Å²) in [7, 11) is 0. The smallest absolute Gasteiger partial charge is 0.314 e. The van der Waals surface area contributed by atoms with Crippen molar-refractivity contribution in [1.82, 2.24) is 15.4 Å². The van der Waals surface area contributed by atoms with Gasteiger partial charge in [0, 0.05) is 19.2 Å². The molecule has 0 spiro atoms. The zero-order valence-corrected chi connectivity index (χ0v) is 14.1. The lowest BCUT2D eigenvalue weighted by Gasteiger charge is -2.31. The van der Waals surface area contributed by atoms with Crippen LogP contribution in [0.3, 0.4) is 0 Å². The van der Waals surface area contributed by atoms with Crippen LogP contribution in [0.15, 0.2) is 33.7 Å². The summed E-state index contributed by atoms with van der Waals surface area (Å²) in [6, 6.07) is 3.64. The van der Waals surface area contributed by atoms with Gasteiger partial charge in [-0.05, 0) is 54.2 Å². The molecule has 0 saturated carbocycles. The van der Waals surface area contributed by atoms with E-state index >= 15 is 0 Å². The van der Waals surface area contributed by atoms with Gasteiger partial charge in [0.1, 0.15) is 6.26 Å². The average molecular weight is 348 g/mol. The number of nitrogens with one attached hydrogen (secondary N) is 2. The van der Waals surface area contributed by atoms with Crippen LogP contribution in [0, 0.1) is 5.92 Å². The second-order valence-corrected chi connectivity index (χ2v) is 6.68. The molecule has 2 amide bonds. The number of piperidine rings is 1. The maximum absolute atomic E-state index is 11.8. The van der Waals surface area contributed by atoms with Crippen molar-refractivity contribution >= 4 is 29.0 Å². The maximum Gasteiger partial charge on any atom is 0.314 e. The average Bonchev–Trinajstić information content (AvgIpc) is 3.28. The predicted octanol–water partition coefficient (Wildman–Crippen LogP) is 1.70. The van der Waals surface area contributed by atoms with E-state index in [1.807, 2.05) is 0 Å². The van der Waals surface area contributed by atoms with Gasteiger partial charge in [0.15, 0.2) is 5.82 Å². The molecule has 0 bridgehead atoms. The summed E-state index contributed by atoms with van der Waals surface area (Å²) in [5.74, 6) is -0.720. The number of rotatable bonds is 5. The first-order valence-electron chi connectivity index (χ1n) is 7.93. The van der Waals surface area contributed by atoms with Crippen LogP contribution in [0.5, 0.6) is 0 Å². The highest BCUT2D eigenvalue weighted by atomic mass is 32.1. The standard InChI is InChI=1S/C16H20N4O3S/c21-15(16(22)18-14-3-7-23-19-14)17-9-12-1-5-20(6-2-12)10-13-4-8-24-11-13/h3-4,7-8,11-12H,1-2,5-6,9-10H2,(H,17,21)(H,18,19,22). The molecule has 128 valence electrons. The number of hydrogen-bond acceptors (Lipinski definition) is 6.